The van der Waals surface area contributed by atoms with Crippen LogP contribution in [0.5, 0.6) is 0 Å². The van der Waals surface area contributed by atoms with Crippen LogP contribution in [-0.2, 0) is 53.8 Å². The van der Waals surface area contributed by atoms with E-state index in [0.29, 0.717) is 0 Å². The van der Waals surface area contributed by atoms with Crippen LogP contribution in [0, 0.1) is 21.8 Å². The second-order valence-electron chi connectivity index (χ2n) is 0.500. The Balaban J connectivity index is -0.00000000333. The van der Waals surface area contributed by atoms with Crippen LogP contribution in [0.3, 0.4) is 0 Å². The van der Waals surface area contributed by atoms with Crippen LogP contribution in [0.4, 0.5) is 0 Å². The van der Waals surface area contributed by atoms with Crippen molar-refractivity contribution in [3.63, 3.8) is 0 Å². The van der Waals surface area contributed by atoms with E-state index >= 15 is 0 Å². The molecule has 0 nitrogen and oxygen atoms in total. The molecule has 0 aliphatic heterocycles. The minimum atomic E-state index is 0. The van der Waals surface area contributed by atoms with Crippen LogP contribution in [0.2, 0.25) is 0 Å². The Morgan fingerprint density at radius 1 is 1.29 bits per heavy atom. The molecule has 0 bridgehead atoms. The van der Waals surface area contributed by atoms with Gasteiger partial charge in [0.2, 0.25) is 0 Å². The van der Waals surface area contributed by atoms with Crippen molar-refractivity contribution in [3.8, 4) is 0 Å². The predicted molar refractivity (Wildman–Crippen MR) is 28.5 cm³/mol. The van der Waals surface area contributed by atoms with E-state index in [1.54, 1.807) is 0 Å². The summed E-state index contributed by atoms with van der Waals surface area (Å²) in [4.78, 5) is 0. The first kappa shape index (κ1) is 37.1. The van der Waals surface area contributed by atoms with Gasteiger partial charge in [0.05, 0.1) is 0 Å². The summed E-state index contributed by atoms with van der Waals surface area (Å²) in [7, 11) is 0. The first-order valence-corrected chi connectivity index (χ1v) is 1.21. The molecule has 0 fully saturated rings. The molecule has 0 heterocycles. The Morgan fingerprint density at radius 2 is 1.29 bits per heavy atom. The molecule has 0 aromatic heterocycles. The fourth-order valence-corrected chi connectivity index (χ4v) is 0. The molecule has 7 heavy (non-hydrogen) atoms. The molecule has 0 N–H and O–H groups in total. The van der Waals surface area contributed by atoms with Crippen molar-refractivity contribution in [3.05, 3.63) is 21.8 Å². The van der Waals surface area contributed by atoms with E-state index in [1.807, 2.05) is 6.92 Å². The molecule has 0 rings (SSSR count). The zero-order valence-electron chi connectivity index (χ0n) is 5.40. The summed E-state index contributed by atoms with van der Waals surface area (Å²) >= 11 is 0. The first-order valence-electron chi connectivity index (χ1n) is 1.21. The normalized spacial score (nSPS) is 2.57. The summed E-state index contributed by atoms with van der Waals surface area (Å²) in [6, 6.07) is 0. The van der Waals surface area contributed by atoms with Crippen molar-refractivity contribution < 1.29 is 53.8 Å². The molecule has 0 spiro atoms. The number of hydrogen-bond donors (Lipinski definition) is 0. The van der Waals surface area contributed by atoms with E-state index < -0.39 is 0 Å². The molecule has 1 radical (unpaired) electrons. The monoisotopic (exact) mass is 346 g/mol. The largest absolute Gasteiger partial charge is 2.00 e. The van der Waals surface area contributed by atoms with Crippen molar-refractivity contribution in [2.45, 2.75) is 13.3 Å². The average Bonchev–Trinajstić information content (AvgIpc) is 0.918. The SMILES string of the molecule is [CH2-]CC.[CH3-].[CH3-].[W+2].[Y]. The summed E-state index contributed by atoms with van der Waals surface area (Å²) in [5.74, 6) is 0. The molecule has 0 aliphatic rings. The minimum Gasteiger partial charge on any atom is -0.358 e. The van der Waals surface area contributed by atoms with Crippen molar-refractivity contribution in [1.29, 1.82) is 0 Å². The topological polar surface area (TPSA) is 0 Å². The molecule has 43 valence electrons. The zero-order chi connectivity index (χ0) is 2.71. The van der Waals surface area contributed by atoms with Gasteiger partial charge < -0.3 is 21.8 Å². The quantitative estimate of drug-likeness (QED) is 0.590. The van der Waals surface area contributed by atoms with Crippen LogP contribution >= 0.6 is 0 Å². The Hall–Kier alpha value is 1.79. The minimum absolute atomic E-state index is 0. The fourth-order valence-electron chi connectivity index (χ4n) is 0. The van der Waals surface area contributed by atoms with Gasteiger partial charge in [0.15, 0.2) is 0 Å². The average molecular weight is 346 g/mol. The van der Waals surface area contributed by atoms with Gasteiger partial charge in [-0.2, -0.15) is 6.42 Å². The molecule has 0 amide bonds. The maximum atomic E-state index is 3.49. The van der Waals surface area contributed by atoms with Crippen LogP contribution in [0.25, 0.3) is 0 Å². The van der Waals surface area contributed by atoms with Crippen molar-refractivity contribution in [1.82, 2.24) is 0 Å². The van der Waals surface area contributed by atoms with Crippen LogP contribution in [0.15, 0.2) is 0 Å². The maximum Gasteiger partial charge on any atom is 2.00 e. The zero-order valence-corrected chi connectivity index (χ0v) is 11.2. The molecular formula is C5H13WY-. The van der Waals surface area contributed by atoms with Crippen LogP contribution in [0.1, 0.15) is 13.3 Å². The van der Waals surface area contributed by atoms with E-state index in [4.69, 9.17) is 0 Å². The van der Waals surface area contributed by atoms with Gasteiger partial charge in [-0.05, 0) is 0 Å². The third-order valence-electron chi connectivity index (χ3n) is 0. The van der Waals surface area contributed by atoms with E-state index in [1.165, 1.54) is 0 Å². The molecule has 0 aromatic carbocycles. The van der Waals surface area contributed by atoms with Gasteiger partial charge in [0.1, 0.15) is 0 Å². The maximum absolute atomic E-state index is 3.49. The van der Waals surface area contributed by atoms with Gasteiger partial charge in [0.25, 0.3) is 0 Å². The number of hydrogen-bond acceptors (Lipinski definition) is 0. The smallest absolute Gasteiger partial charge is 0.358 e. The van der Waals surface area contributed by atoms with E-state index in [2.05, 4.69) is 6.92 Å². The van der Waals surface area contributed by atoms with Crippen molar-refractivity contribution >= 4 is 0 Å². The van der Waals surface area contributed by atoms with Crippen LogP contribution < -0.4 is 0 Å². The van der Waals surface area contributed by atoms with E-state index in [-0.39, 0.29) is 68.6 Å². The Morgan fingerprint density at radius 3 is 1.29 bits per heavy atom. The third-order valence-corrected chi connectivity index (χ3v) is 0. The van der Waals surface area contributed by atoms with E-state index in [9.17, 15) is 0 Å². The van der Waals surface area contributed by atoms with Crippen LogP contribution in [-0.4, -0.2) is 0 Å². The number of rotatable bonds is 0. The van der Waals surface area contributed by atoms with Gasteiger partial charge in [-0.3, -0.25) is 0 Å². The van der Waals surface area contributed by atoms with Gasteiger partial charge >= 0.3 is 21.1 Å². The Labute approximate surface area is 88.0 Å². The van der Waals surface area contributed by atoms with Gasteiger partial charge in [-0.1, -0.05) is 6.92 Å². The molecule has 2 heteroatoms. The summed E-state index contributed by atoms with van der Waals surface area (Å²) in [6.07, 6.45) is 1.00. The fraction of sp³-hybridized carbons (Fsp3) is 0.400. The summed E-state index contributed by atoms with van der Waals surface area (Å²) < 4.78 is 0. The molecule has 0 aromatic rings. The third kappa shape index (κ3) is 81.4. The summed E-state index contributed by atoms with van der Waals surface area (Å²) in [6.45, 7) is 5.50. The molecule has 0 saturated heterocycles. The van der Waals surface area contributed by atoms with Gasteiger partial charge in [0, 0.05) is 32.7 Å². The molecular weight excluding hydrogens is 333 g/mol. The first-order chi connectivity index (χ1) is 1.41. The summed E-state index contributed by atoms with van der Waals surface area (Å²) in [5, 5.41) is 0. The second kappa shape index (κ2) is 46.1. The second-order valence-corrected chi connectivity index (χ2v) is 0.500. The van der Waals surface area contributed by atoms with Gasteiger partial charge in [-0.15, -0.1) is 0 Å². The molecule has 0 saturated carbocycles. The molecule has 0 atom stereocenters. The standard InChI is InChI=1S/C3H7.2CH3.W.Y/c1-3-2;;;;/h1,3H2,2H3;2*1H3;;/q3*-1;+2;. The van der Waals surface area contributed by atoms with Gasteiger partial charge in [-0.25, -0.2) is 0 Å². The van der Waals surface area contributed by atoms with Crippen molar-refractivity contribution in [2.24, 2.45) is 0 Å². The Kier molecular flexibility index (Phi) is 245. The van der Waals surface area contributed by atoms with E-state index in [0.717, 1.165) is 6.42 Å². The molecule has 0 unspecified atom stereocenters. The van der Waals surface area contributed by atoms with Crippen molar-refractivity contribution in [2.75, 3.05) is 0 Å². The summed E-state index contributed by atoms with van der Waals surface area (Å²) in [5.41, 5.74) is 0. The molecule has 0 aliphatic carbocycles. The Bertz CT molecular complexity index is 8.04. The predicted octanol–water partition coefficient (Wildman–Crippen LogP) is 2.13.